The Morgan fingerprint density at radius 2 is 1.93 bits per heavy atom. The number of morpholine rings is 1. The van der Waals surface area contributed by atoms with Gasteiger partial charge in [-0.3, -0.25) is 4.79 Å². The maximum Gasteiger partial charge on any atom is 0.259 e. The molecule has 0 radical (unpaired) electrons. The van der Waals surface area contributed by atoms with Crippen molar-refractivity contribution in [2.75, 3.05) is 50.2 Å². The van der Waals surface area contributed by atoms with Gasteiger partial charge in [0.05, 0.1) is 38.3 Å². The predicted molar refractivity (Wildman–Crippen MR) is 111 cm³/mol. The molecule has 154 valence electrons. The van der Waals surface area contributed by atoms with E-state index < -0.39 is 0 Å². The second-order valence-electron chi connectivity index (χ2n) is 6.58. The van der Waals surface area contributed by atoms with E-state index in [1.54, 1.807) is 38.3 Å². The highest BCUT2D eigenvalue weighted by Gasteiger charge is 2.15. The highest BCUT2D eigenvalue weighted by Crippen LogP contribution is 2.22. The van der Waals surface area contributed by atoms with E-state index >= 15 is 0 Å². The number of methoxy groups -OCH3 is 1. The number of hydrogen-bond acceptors (Lipinski definition) is 6. The number of nitrogens with one attached hydrogen (secondary N) is 2. The van der Waals surface area contributed by atoms with Gasteiger partial charge in [-0.1, -0.05) is 6.07 Å². The van der Waals surface area contributed by atoms with Crippen LogP contribution in [-0.4, -0.2) is 51.6 Å². The first-order valence-corrected chi connectivity index (χ1v) is 9.40. The maximum absolute atomic E-state index is 14.5. The number of amides is 1. The lowest BCUT2D eigenvalue weighted by Gasteiger charge is -2.29. The minimum absolute atomic E-state index is 0.0629. The average Bonchev–Trinajstić information content (AvgIpc) is 2.76. The topological polar surface area (TPSA) is 75.2 Å². The minimum atomic E-state index is -0.313. The predicted octanol–water partition coefficient (Wildman–Crippen LogP) is 2.62. The molecule has 1 saturated heterocycles. The fourth-order valence-electron chi connectivity index (χ4n) is 2.93. The summed E-state index contributed by atoms with van der Waals surface area (Å²) in [5, 5.41) is 7.07. The smallest absolute Gasteiger partial charge is 0.259 e. The lowest BCUT2D eigenvalue weighted by Crippen LogP contribution is -2.36. The normalized spacial score (nSPS) is 14.4. The van der Waals surface area contributed by atoms with Crippen LogP contribution < -0.4 is 20.4 Å². The van der Waals surface area contributed by atoms with Crippen LogP contribution in [0.3, 0.4) is 0 Å². The Morgan fingerprint density at radius 1 is 1.21 bits per heavy atom. The van der Waals surface area contributed by atoms with Gasteiger partial charge in [-0.15, -0.1) is 0 Å². The number of hydrazone groups is 1. The Labute approximate surface area is 169 Å². The Morgan fingerprint density at radius 3 is 2.59 bits per heavy atom. The molecule has 0 bridgehead atoms. The molecule has 29 heavy (non-hydrogen) atoms. The quantitative estimate of drug-likeness (QED) is 0.552. The van der Waals surface area contributed by atoms with Crippen LogP contribution in [-0.2, 0) is 9.53 Å². The molecule has 1 aliphatic heterocycles. The van der Waals surface area contributed by atoms with E-state index in [1.807, 2.05) is 17.0 Å². The van der Waals surface area contributed by atoms with Crippen molar-refractivity contribution in [1.29, 1.82) is 0 Å². The molecular formula is C21H25FN4O3. The third kappa shape index (κ3) is 5.68. The van der Waals surface area contributed by atoms with E-state index in [-0.39, 0.29) is 18.3 Å². The minimum Gasteiger partial charge on any atom is -0.497 e. The molecule has 0 aliphatic carbocycles. The van der Waals surface area contributed by atoms with Crippen molar-refractivity contribution in [2.24, 2.45) is 5.10 Å². The molecule has 2 aromatic carbocycles. The number of ether oxygens (including phenoxy) is 2. The third-order valence-corrected chi connectivity index (χ3v) is 4.61. The number of rotatable bonds is 7. The van der Waals surface area contributed by atoms with Crippen LogP contribution in [0.4, 0.5) is 15.8 Å². The number of anilines is 2. The van der Waals surface area contributed by atoms with Crippen LogP contribution in [0.2, 0.25) is 0 Å². The first-order valence-electron chi connectivity index (χ1n) is 9.40. The number of benzene rings is 2. The molecule has 1 amide bonds. The Balaban J connectivity index is 1.54. The van der Waals surface area contributed by atoms with Crippen LogP contribution in [0.25, 0.3) is 0 Å². The highest BCUT2D eigenvalue weighted by atomic mass is 19.1. The first kappa shape index (κ1) is 20.6. The van der Waals surface area contributed by atoms with E-state index in [4.69, 9.17) is 9.47 Å². The Kier molecular flexibility index (Phi) is 7.02. The zero-order chi connectivity index (χ0) is 20.6. The molecule has 0 atom stereocenters. The van der Waals surface area contributed by atoms with Gasteiger partial charge in [0.2, 0.25) is 0 Å². The van der Waals surface area contributed by atoms with Crippen molar-refractivity contribution in [3.63, 3.8) is 0 Å². The molecule has 1 heterocycles. The Bertz CT molecular complexity index is 865. The maximum atomic E-state index is 14.5. The van der Waals surface area contributed by atoms with Crippen molar-refractivity contribution >= 4 is 23.0 Å². The van der Waals surface area contributed by atoms with Crippen molar-refractivity contribution in [2.45, 2.75) is 6.92 Å². The number of hydrogen-bond donors (Lipinski definition) is 2. The summed E-state index contributed by atoms with van der Waals surface area (Å²) in [5.74, 6) is 0.129. The van der Waals surface area contributed by atoms with Crippen molar-refractivity contribution in [3.8, 4) is 5.75 Å². The van der Waals surface area contributed by atoms with Crippen LogP contribution in [0.1, 0.15) is 12.5 Å². The number of carbonyl (C=O) groups excluding carboxylic acids is 1. The van der Waals surface area contributed by atoms with Gasteiger partial charge in [0.25, 0.3) is 5.91 Å². The van der Waals surface area contributed by atoms with Gasteiger partial charge in [-0.2, -0.15) is 5.10 Å². The van der Waals surface area contributed by atoms with Gasteiger partial charge in [0.1, 0.15) is 11.6 Å². The molecule has 0 unspecified atom stereocenters. The summed E-state index contributed by atoms with van der Waals surface area (Å²) in [6.45, 7) is 4.31. The second kappa shape index (κ2) is 9.88. The molecule has 3 rings (SSSR count). The second-order valence-corrected chi connectivity index (χ2v) is 6.58. The fourth-order valence-corrected chi connectivity index (χ4v) is 2.93. The zero-order valence-corrected chi connectivity index (χ0v) is 16.6. The summed E-state index contributed by atoms with van der Waals surface area (Å²) < 4.78 is 24.9. The summed E-state index contributed by atoms with van der Waals surface area (Å²) in [6.07, 6.45) is 0. The highest BCUT2D eigenvalue weighted by molar-refractivity contribution is 5.99. The van der Waals surface area contributed by atoms with Crippen LogP contribution in [0.5, 0.6) is 5.75 Å². The molecule has 8 heteroatoms. The summed E-state index contributed by atoms with van der Waals surface area (Å²) in [5.41, 5.74) is 4.97. The summed E-state index contributed by atoms with van der Waals surface area (Å²) in [6, 6.07) is 12.2. The lowest BCUT2D eigenvalue weighted by molar-refractivity contribution is -0.119. The van der Waals surface area contributed by atoms with Crippen LogP contribution in [0, 0.1) is 5.82 Å². The van der Waals surface area contributed by atoms with Gasteiger partial charge < -0.3 is 19.7 Å². The van der Waals surface area contributed by atoms with E-state index in [0.29, 0.717) is 43.3 Å². The SMILES string of the molecule is COc1ccc(NCC(=O)N/N=C(/C)c2ccc(N3CCOCC3)c(F)c2)cc1. The molecule has 0 aromatic heterocycles. The van der Waals surface area contributed by atoms with Crippen LogP contribution >= 0.6 is 0 Å². The van der Waals surface area contributed by atoms with E-state index in [0.717, 1.165) is 11.4 Å². The van der Waals surface area contributed by atoms with Crippen LogP contribution in [0.15, 0.2) is 47.6 Å². The number of halogens is 1. The average molecular weight is 400 g/mol. The molecule has 1 fully saturated rings. The van der Waals surface area contributed by atoms with Gasteiger partial charge in [0, 0.05) is 24.3 Å². The Hall–Kier alpha value is -3.13. The summed E-state index contributed by atoms with van der Waals surface area (Å²) in [4.78, 5) is 14.0. The molecule has 2 aromatic rings. The van der Waals surface area contributed by atoms with E-state index in [2.05, 4.69) is 15.8 Å². The van der Waals surface area contributed by atoms with Gasteiger partial charge in [-0.25, -0.2) is 9.82 Å². The monoisotopic (exact) mass is 400 g/mol. The molecule has 0 saturated carbocycles. The van der Waals surface area contributed by atoms with Crippen molar-refractivity contribution in [1.82, 2.24) is 5.43 Å². The number of carbonyl (C=O) groups is 1. The summed E-state index contributed by atoms with van der Waals surface area (Å²) in [7, 11) is 1.60. The molecule has 0 spiro atoms. The molecule has 1 aliphatic rings. The number of nitrogens with zero attached hydrogens (tertiary/aromatic N) is 2. The van der Waals surface area contributed by atoms with E-state index in [1.165, 1.54) is 6.07 Å². The molecule has 7 nitrogen and oxygen atoms in total. The lowest BCUT2D eigenvalue weighted by atomic mass is 10.1. The van der Waals surface area contributed by atoms with Crippen molar-refractivity contribution in [3.05, 3.63) is 53.8 Å². The van der Waals surface area contributed by atoms with E-state index in [9.17, 15) is 9.18 Å². The van der Waals surface area contributed by atoms with Gasteiger partial charge in [-0.05, 0) is 43.3 Å². The zero-order valence-electron chi connectivity index (χ0n) is 16.6. The third-order valence-electron chi connectivity index (χ3n) is 4.61. The first-order chi connectivity index (χ1) is 14.1. The van der Waals surface area contributed by atoms with Crippen molar-refractivity contribution < 1.29 is 18.7 Å². The standard InChI is InChI=1S/C21H25FN4O3/c1-15(16-3-8-20(19(22)13-16)26-9-11-29-12-10-26)24-25-21(27)14-23-17-4-6-18(28-2)7-5-17/h3-8,13,23H,9-12,14H2,1-2H3,(H,25,27)/b24-15-. The van der Waals surface area contributed by atoms with Gasteiger partial charge >= 0.3 is 0 Å². The summed E-state index contributed by atoms with van der Waals surface area (Å²) >= 11 is 0. The molecular weight excluding hydrogens is 375 g/mol. The van der Waals surface area contributed by atoms with Gasteiger partial charge in [0.15, 0.2) is 0 Å². The largest absolute Gasteiger partial charge is 0.497 e. The molecule has 2 N–H and O–H groups in total. The fraction of sp³-hybridized carbons (Fsp3) is 0.333.